The molecule has 0 bridgehead atoms. The maximum Gasteiger partial charge on any atom is 4.00 e. The molecule has 0 heterocycles. The summed E-state index contributed by atoms with van der Waals surface area (Å²) < 4.78 is 0. The summed E-state index contributed by atoms with van der Waals surface area (Å²) in [5, 5.41) is 0. The largest absolute Gasteiger partial charge is 4.00 e. The van der Waals surface area contributed by atoms with E-state index in [9.17, 15) is 9.59 Å². The minimum Gasteiger partial charge on any atom is -1.00 e. The number of rotatable bonds is 2. The second-order valence-electron chi connectivity index (χ2n) is 1.58. The van der Waals surface area contributed by atoms with E-state index in [1.54, 1.807) is 0 Å². The smallest absolute Gasteiger partial charge is 1.00 e. The Morgan fingerprint density at radius 2 is 1.00 bits per heavy atom. The van der Waals surface area contributed by atoms with Gasteiger partial charge >= 0.3 is 25.8 Å². The average Bonchev–Trinajstić information content (AvgIpc) is 1.27. The van der Waals surface area contributed by atoms with E-state index in [1.807, 2.05) is 0 Å². The number of hydrogen-bond donors (Lipinski definition) is 0. The minimum absolute atomic E-state index is 0. The average molecular weight is 786 g/mol. The maximum atomic E-state index is 10.0. The summed E-state index contributed by atoms with van der Waals surface area (Å²) in [6.07, 6.45) is 0.0833. The van der Waals surface area contributed by atoms with Gasteiger partial charge in [0.1, 0.15) is 11.6 Å². The molecular formula is C5H8HfI4O2. The molecule has 0 atom stereocenters. The van der Waals surface area contributed by atoms with Gasteiger partial charge in [-0.05, 0) is 13.8 Å². The number of Topliss-reactive ketones (excluding diaryl/α,β-unsaturated/α-hetero) is 2. The zero-order valence-electron chi connectivity index (χ0n) is 6.54. The number of hydrogen-bond acceptors (Lipinski definition) is 2. The van der Waals surface area contributed by atoms with Crippen LogP contribution in [0.5, 0.6) is 0 Å². The fraction of sp³-hybridized carbons (Fsp3) is 0.600. The van der Waals surface area contributed by atoms with Crippen LogP contribution in [0.15, 0.2) is 0 Å². The van der Waals surface area contributed by atoms with E-state index in [4.69, 9.17) is 0 Å². The quantitative estimate of drug-likeness (QED) is 0.159. The van der Waals surface area contributed by atoms with Crippen LogP contribution in [0.1, 0.15) is 20.3 Å². The molecule has 0 amide bonds. The number of carbonyl (C=O) groups is 2. The van der Waals surface area contributed by atoms with Gasteiger partial charge in [-0.1, -0.05) is 0 Å². The fourth-order valence-electron chi connectivity index (χ4n) is 0.351. The van der Waals surface area contributed by atoms with Crippen LogP contribution in [-0.4, -0.2) is 11.6 Å². The fourth-order valence-corrected chi connectivity index (χ4v) is 0.351. The maximum absolute atomic E-state index is 10.0. The molecular weight excluding hydrogens is 778 g/mol. The Kier molecular flexibility index (Phi) is 71.7. The van der Waals surface area contributed by atoms with E-state index in [0.717, 1.165) is 0 Å². The van der Waals surface area contributed by atoms with Gasteiger partial charge in [-0.25, -0.2) is 0 Å². The molecule has 0 saturated carbocycles. The van der Waals surface area contributed by atoms with E-state index in [2.05, 4.69) is 0 Å². The van der Waals surface area contributed by atoms with E-state index in [0.29, 0.717) is 0 Å². The van der Waals surface area contributed by atoms with Crippen molar-refractivity contribution in [1.82, 2.24) is 0 Å². The van der Waals surface area contributed by atoms with Gasteiger partial charge in [-0.15, -0.1) is 0 Å². The van der Waals surface area contributed by atoms with Gasteiger partial charge in [0.25, 0.3) is 0 Å². The number of halogens is 4. The van der Waals surface area contributed by atoms with Gasteiger partial charge < -0.3 is 95.9 Å². The second kappa shape index (κ2) is 23.7. The van der Waals surface area contributed by atoms with Gasteiger partial charge in [-0.3, -0.25) is 9.59 Å². The summed E-state index contributed by atoms with van der Waals surface area (Å²) >= 11 is 0. The van der Waals surface area contributed by atoms with Crippen LogP contribution >= 0.6 is 0 Å². The molecule has 0 N–H and O–H groups in total. The van der Waals surface area contributed by atoms with Crippen molar-refractivity contribution in [3.63, 3.8) is 0 Å². The first kappa shape index (κ1) is 36.2. The van der Waals surface area contributed by atoms with E-state index in [-0.39, 0.29) is 140 Å². The van der Waals surface area contributed by atoms with Crippen molar-refractivity contribution in [3.05, 3.63) is 0 Å². The first-order chi connectivity index (χ1) is 3.13. The molecule has 0 radical (unpaired) electrons. The van der Waals surface area contributed by atoms with Gasteiger partial charge in [0.15, 0.2) is 0 Å². The van der Waals surface area contributed by atoms with E-state index < -0.39 is 0 Å². The van der Waals surface area contributed by atoms with Crippen molar-refractivity contribution in [3.8, 4) is 0 Å². The molecule has 0 aromatic carbocycles. The second-order valence-corrected chi connectivity index (χ2v) is 1.58. The molecule has 12 heavy (non-hydrogen) atoms. The van der Waals surface area contributed by atoms with Gasteiger partial charge in [-0.2, -0.15) is 0 Å². The summed E-state index contributed by atoms with van der Waals surface area (Å²) in [6, 6.07) is 0. The van der Waals surface area contributed by atoms with Crippen molar-refractivity contribution < 1.29 is 131 Å². The zero-order chi connectivity index (χ0) is 5.86. The Hall–Kier alpha value is 3.13. The molecule has 0 spiro atoms. The monoisotopic (exact) mass is 788 g/mol. The van der Waals surface area contributed by atoms with Crippen LogP contribution in [0.25, 0.3) is 0 Å². The minimum atomic E-state index is -0.0625. The standard InChI is InChI=1S/C5H8O2.Hf.4HI/c1-4(6)3-5(2)7;;;;;/h3H2,1-2H3;;4*1H/q;+4;;;;/p-4. The molecule has 0 aromatic rings. The molecule has 0 rings (SSSR count). The molecule has 0 fully saturated rings. The molecule has 0 aliphatic rings. The Morgan fingerprint density at radius 1 is 0.833 bits per heavy atom. The molecule has 0 aliphatic carbocycles. The third-order valence-electron chi connectivity index (χ3n) is 0.498. The van der Waals surface area contributed by atoms with Crippen LogP contribution in [-0.2, 0) is 35.4 Å². The molecule has 0 unspecified atom stereocenters. The Balaban J connectivity index is -0.0000000180. The third-order valence-corrected chi connectivity index (χ3v) is 0.498. The summed E-state index contributed by atoms with van der Waals surface area (Å²) in [5.41, 5.74) is 0. The molecule has 7 heteroatoms. The van der Waals surface area contributed by atoms with Crippen molar-refractivity contribution in [1.29, 1.82) is 0 Å². The van der Waals surface area contributed by atoms with E-state index in [1.165, 1.54) is 13.8 Å². The summed E-state index contributed by atoms with van der Waals surface area (Å²) in [5.74, 6) is -0.125. The summed E-state index contributed by atoms with van der Waals surface area (Å²) in [4.78, 5) is 20.1. The molecule has 72 valence electrons. The summed E-state index contributed by atoms with van der Waals surface area (Å²) in [7, 11) is 0. The van der Waals surface area contributed by atoms with Crippen molar-refractivity contribution in [2.24, 2.45) is 0 Å². The first-order valence-corrected chi connectivity index (χ1v) is 2.12. The van der Waals surface area contributed by atoms with Gasteiger partial charge in [0, 0.05) is 0 Å². The number of carbonyl (C=O) groups excluding carboxylic acids is 2. The number of ketones is 2. The van der Waals surface area contributed by atoms with Crippen LogP contribution in [0.2, 0.25) is 0 Å². The molecule has 2 nitrogen and oxygen atoms in total. The normalized spacial score (nSPS) is 4.83. The van der Waals surface area contributed by atoms with Crippen molar-refractivity contribution in [2.45, 2.75) is 20.3 Å². The molecule has 0 aliphatic heterocycles. The first-order valence-electron chi connectivity index (χ1n) is 2.12. The SMILES string of the molecule is CC(=O)CC(C)=O.[Hf+4].[I-].[I-].[I-].[I-]. The predicted octanol–water partition coefficient (Wildman–Crippen LogP) is -11.4. The Labute approximate surface area is 160 Å². The van der Waals surface area contributed by atoms with Crippen LogP contribution < -0.4 is 95.9 Å². The van der Waals surface area contributed by atoms with Crippen molar-refractivity contribution >= 4 is 11.6 Å². The zero-order valence-corrected chi connectivity index (χ0v) is 18.8. The predicted molar refractivity (Wildman–Crippen MR) is 26.0 cm³/mol. The van der Waals surface area contributed by atoms with Gasteiger partial charge in [0.05, 0.1) is 6.42 Å². The topological polar surface area (TPSA) is 34.1 Å². The molecule has 0 saturated heterocycles. The van der Waals surface area contributed by atoms with Gasteiger partial charge in [0.2, 0.25) is 0 Å². The Morgan fingerprint density at radius 3 is 1.00 bits per heavy atom. The van der Waals surface area contributed by atoms with Crippen LogP contribution in [0.4, 0.5) is 0 Å². The summed E-state index contributed by atoms with van der Waals surface area (Å²) in [6.45, 7) is 2.81. The Bertz CT molecular complexity index is 97.6. The van der Waals surface area contributed by atoms with Crippen LogP contribution in [0, 0.1) is 0 Å². The third kappa shape index (κ3) is 38.0. The van der Waals surface area contributed by atoms with Crippen LogP contribution in [0.3, 0.4) is 0 Å². The van der Waals surface area contributed by atoms with E-state index >= 15 is 0 Å². The molecule has 0 aromatic heterocycles. The van der Waals surface area contributed by atoms with Crippen molar-refractivity contribution in [2.75, 3.05) is 0 Å².